The van der Waals surface area contributed by atoms with E-state index >= 15 is 0 Å². The summed E-state index contributed by atoms with van der Waals surface area (Å²) in [7, 11) is 1.70. The lowest BCUT2D eigenvalue weighted by Crippen LogP contribution is -2.21. The summed E-state index contributed by atoms with van der Waals surface area (Å²) in [6, 6.07) is 0. The molecule has 0 fully saturated rings. The van der Waals surface area contributed by atoms with Crippen LogP contribution in [-0.4, -0.2) is 30.2 Å². The molecule has 5 nitrogen and oxygen atoms in total. The van der Waals surface area contributed by atoms with Crippen LogP contribution in [0.3, 0.4) is 0 Å². The number of hydrogen-bond acceptors (Lipinski definition) is 5. The quantitative estimate of drug-likeness (QED) is 0.801. The van der Waals surface area contributed by atoms with Crippen LogP contribution in [0, 0.1) is 0 Å². The number of thiophene rings is 1. The van der Waals surface area contributed by atoms with E-state index in [4.69, 9.17) is 4.74 Å². The Balaban J connectivity index is 1.78. The van der Waals surface area contributed by atoms with Crippen molar-refractivity contribution in [3.63, 3.8) is 0 Å². The van der Waals surface area contributed by atoms with E-state index in [2.05, 4.69) is 15.3 Å². The minimum atomic E-state index is 0.0214. The van der Waals surface area contributed by atoms with Crippen LogP contribution in [0.25, 0.3) is 10.2 Å². The van der Waals surface area contributed by atoms with Gasteiger partial charge >= 0.3 is 0 Å². The number of ether oxygens (including phenoxy) is 1. The molecule has 1 aliphatic carbocycles. The summed E-state index contributed by atoms with van der Waals surface area (Å²) in [6.45, 7) is 2.20. The third kappa shape index (κ3) is 3.17. The predicted octanol–water partition coefficient (Wildman–Crippen LogP) is 1.99. The molecule has 1 aliphatic rings. The van der Waals surface area contributed by atoms with Crippen LogP contribution in [0.4, 0.5) is 0 Å². The monoisotopic (exact) mass is 307 g/mol. The number of rotatable bonds is 6. The zero-order valence-corrected chi connectivity index (χ0v) is 13.1. The fourth-order valence-corrected chi connectivity index (χ4v) is 4.12. The molecule has 0 spiro atoms. The van der Waals surface area contributed by atoms with E-state index in [1.165, 1.54) is 23.3 Å². The maximum atomic E-state index is 12.3. The molecular formula is C15H21N3O2S. The number of hydrogen-bond donors (Lipinski definition) is 2. The van der Waals surface area contributed by atoms with Gasteiger partial charge in [-0.05, 0) is 44.2 Å². The molecule has 0 atom stereocenters. The van der Waals surface area contributed by atoms with Gasteiger partial charge in [-0.3, -0.25) is 4.79 Å². The average Bonchev–Trinajstić information content (AvgIpc) is 2.85. The van der Waals surface area contributed by atoms with Crippen molar-refractivity contribution in [2.75, 3.05) is 20.3 Å². The van der Waals surface area contributed by atoms with Crippen molar-refractivity contribution in [3.05, 3.63) is 26.6 Å². The fraction of sp³-hybridized carbons (Fsp3) is 0.600. The molecule has 0 radical (unpaired) electrons. The first-order valence-corrected chi connectivity index (χ1v) is 8.34. The summed E-state index contributed by atoms with van der Waals surface area (Å²) in [5, 5.41) is 4.11. The van der Waals surface area contributed by atoms with Crippen molar-refractivity contribution in [1.29, 1.82) is 0 Å². The number of fused-ring (bicyclic) bond motifs is 3. The van der Waals surface area contributed by atoms with Crippen LogP contribution in [0.1, 0.15) is 35.5 Å². The second-order valence-corrected chi connectivity index (χ2v) is 6.51. The molecule has 0 unspecified atom stereocenters. The van der Waals surface area contributed by atoms with Gasteiger partial charge in [-0.25, -0.2) is 4.98 Å². The maximum absolute atomic E-state index is 12.3. The third-order valence-corrected chi connectivity index (χ3v) is 5.05. The van der Waals surface area contributed by atoms with Crippen molar-refractivity contribution in [1.82, 2.24) is 15.3 Å². The predicted molar refractivity (Wildman–Crippen MR) is 85.1 cm³/mol. The number of aromatic amines is 1. The van der Waals surface area contributed by atoms with E-state index in [9.17, 15) is 4.79 Å². The Morgan fingerprint density at radius 1 is 1.38 bits per heavy atom. The van der Waals surface area contributed by atoms with Crippen LogP contribution in [0.5, 0.6) is 0 Å². The number of nitrogens with one attached hydrogen (secondary N) is 2. The lowest BCUT2D eigenvalue weighted by Gasteiger charge is -2.09. The Hall–Kier alpha value is -1.24. The third-order valence-electron chi connectivity index (χ3n) is 3.87. The van der Waals surface area contributed by atoms with Gasteiger partial charge in [0.2, 0.25) is 0 Å². The minimum Gasteiger partial charge on any atom is -0.385 e. The zero-order chi connectivity index (χ0) is 14.7. The lowest BCUT2D eigenvalue weighted by molar-refractivity contribution is 0.194. The molecule has 114 valence electrons. The molecule has 21 heavy (non-hydrogen) atoms. The van der Waals surface area contributed by atoms with E-state index in [-0.39, 0.29) is 5.56 Å². The van der Waals surface area contributed by atoms with Gasteiger partial charge in [-0.1, -0.05) is 0 Å². The Kier molecular flexibility index (Phi) is 4.67. The van der Waals surface area contributed by atoms with Crippen LogP contribution in [0.2, 0.25) is 0 Å². The van der Waals surface area contributed by atoms with Gasteiger partial charge in [0, 0.05) is 18.6 Å². The van der Waals surface area contributed by atoms with Crippen molar-refractivity contribution >= 4 is 21.6 Å². The van der Waals surface area contributed by atoms with Gasteiger partial charge in [0.15, 0.2) is 0 Å². The van der Waals surface area contributed by atoms with E-state index < -0.39 is 0 Å². The van der Waals surface area contributed by atoms with Crippen LogP contribution < -0.4 is 10.9 Å². The van der Waals surface area contributed by atoms with Gasteiger partial charge in [0.1, 0.15) is 10.7 Å². The summed E-state index contributed by atoms with van der Waals surface area (Å²) < 4.78 is 5.01. The highest BCUT2D eigenvalue weighted by Crippen LogP contribution is 2.33. The average molecular weight is 307 g/mol. The summed E-state index contributed by atoms with van der Waals surface area (Å²) in [4.78, 5) is 22.1. The summed E-state index contributed by atoms with van der Waals surface area (Å²) >= 11 is 1.70. The summed E-state index contributed by atoms with van der Waals surface area (Å²) in [6.07, 6.45) is 5.48. The van der Waals surface area contributed by atoms with Crippen LogP contribution in [-0.2, 0) is 24.1 Å². The Morgan fingerprint density at radius 3 is 3.10 bits per heavy atom. The van der Waals surface area contributed by atoms with Crippen LogP contribution in [0.15, 0.2) is 4.79 Å². The zero-order valence-electron chi connectivity index (χ0n) is 12.3. The van der Waals surface area contributed by atoms with Crippen LogP contribution >= 0.6 is 11.3 Å². The number of aryl methyl sites for hydroxylation is 2. The van der Waals surface area contributed by atoms with Gasteiger partial charge in [-0.15, -0.1) is 11.3 Å². The Morgan fingerprint density at radius 2 is 2.24 bits per heavy atom. The minimum absolute atomic E-state index is 0.0214. The topological polar surface area (TPSA) is 67.0 Å². The molecule has 0 saturated carbocycles. The van der Waals surface area contributed by atoms with E-state index in [1.807, 2.05) is 0 Å². The van der Waals surface area contributed by atoms with E-state index in [0.717, 1.165) is 48.5 Å². The molecule has 3 rings (SSSR count). The summed E-state index contributed by atoms with van der Waals surface area (Å²) in [5.74, 6) is 0.725. The molecular weight excluding hydrogens is 286 g/mol. The van der Waals surface area contributed by atoms with Crippen molar-refractivity contribution in [2.24, 2.45) is 0 Å². The maximum Gasteiger partial charge on any atom is 0.259 e. The van der Waals surface area contributed by atoms with Gasteiger partial charge in [0.25, 0.3) is 5.56 Å². The molecule has 0 bridgehead atoms. The molecule has 0 saturated heterocycles. The molecule has 0 aromatic carbocycles. The van der Waals surface area contributed by atoms with E-state index in [0.29, 0.717) is 6.54 Å². The van der Waals surface area contributed by atoms with Gasteiger partial charge in [0.05, 0.1) is 11.9 Å². The Labute approximate surface area is 127 Å². The largest absolute Gasteiger partial charge is 0.385 e. The first-order chi connectivity index (χ1) is 10.3. The van der Waals surface area contributed by atoms with Gasteiger partial charge in [-0.2, -0.15) is 0 Å². The smallest absolute Gasteiger partial charge is 0.259 e. The standard InChI is InChI=1S/C15H21N3O2S/c1-20-8-4-7-16-9-12-17-14(19)13-10-5-2-3-6-11(10)21-15(13)18-12/h16H,2-9H2,1H3,(H,17,18,19). The summed E-state index contributed by atoms with van der Waals surface area (Å²) in [5.41, 5.74) is 1.27. The first kappa shape index (κ1) is 14.7. The van der Waals surface area contributed by atoms with Gasteiger partial charge < -0.3 is 15.0 Å². The molecule has 2 N–H and O–H groups in total. The molecule has 2 aromatic heterocycles. The Bertz CT molecular complexity index is 677. The SMILES string of the molecule is COCCCNCc1nc2sc3c(c2c(=O)[nH]1)CCCC3. The number of H-pyrrole nitrogens is 1. The lowest BCUT2D eigenvalue weighted by atomic mass is 9.97. The van der Waals surface area contributed by atoms with Crippen molar-refractivity contribution < 1.29 is 4.74 Å². The second kappa shape index (κ2) is 6.68. The number of nitrogens with zero attached hydrogens (tertiary/aromatic N) is 1. The number of methoxy groups -OCH3 is 1. The fourth-order valence-electron chi connectivity index (χ4n) is 2.84. The molecule has 6 heteroatoms. The molecule has 2 heterocycles. The van der Waals surface area contributed by atoms with Crippen molar-refractivity contribution in [2.45, 2.75) is 38.6 Å². The highest BCUT2D eigenvalue weighted by Gasteiger charge is 2.19. The molecule has 2 aromatic rings. The van der Waals surface area contributed by atoms with E-state index in [1.54, 1.807) is 18.4 Å². The highest BCUT2D eigenvalue weighted by atomic mass is 32.1. The number of aromatic nitrogens is 2. The molecule has 0 amide bonds. The second-order valence-electron chi connectivity index (χ2n) is 5.43. The normalized spacial score (nSPS) is 14.5. The highest BCUT2D eigenvalue weighted by molar-refractivity contribution is 7.18. The molecule has 0 aliphatic heterocycles. The van der Waals surface area contributed by atoms with Crippen molar-refractivity contribution in [3.8, 4) is 0 Å². The first-order valence-electron chi connectivity index (χ1n) is 7.52.